The minimum atomic E-state index is 0.336. The topological polar surface area (TPSA) is 53.9 Å². The van der Waals surface area contributed by atoms with Crippen LogP contribution in [0.5, 0.6) is 0 Å². The fourth-order valence-corrected chi connectivity index (χ4v) is 7.67. The maximum atomic E-state index is 5.02. The van der Waals surface area contributed by atoms with E-state index in [1.807, 2.05) is 23.7 Å². The Hall–Kier alpha value is -3.83. The zero-order valence-electron chi connectivity index (χ0n) is 22.7. The largest absolute Gasteiger partial charge is 0.341 e. The van der Waals surface area contributed by atoms with Crippen molar-refractivity contribution < 1.29 is 0 Å². The van der Waals surface area contributed by atoms with Crippen LogP contribution in [0.2, 0.25) is 0 Å². The summed E-state index contributed by atoms with van der Waals surface area (Å²) in [5.41, 5.74) is 10.5. The summed E-state index contributed by atoms with van der Waals surface area (Å²) in [6, 6.07) is 16.1. The van der Waals surface area contributed by atoms with Gasteiger partial charge in [0.1, 0.15) is 5.82 Å². The van der Waals surface area contributed by atoms with Gasteiger partial charge in [-0.05, 0) is 75.4 Å². The summed E-state index contributed by atoms with van der Waals surface area (Å²) in [5.74, 6) is 1.87. The smallest absolute Gasteiger partial charge is 0.109 e. The second-order valence-corrected chi connectivity index (χ2v) is 12.7. The van der Waals surface area contributed by atoms with E-state index in [4.69, 9.17) is 9.98 Å². The first-order valence-corrected chi connectivity index (χ1v) is 14.8. The monoisotopic (exact) mass is 526 g/mol. The molecule has 0 bridgehead atoms. The first-order valence-electron chi connectivity index (χ1n) is 14.0. The summed E-state index contributed by atoms with van der Waals surface area (Å²) in [6.45, 7) is 8.88. The highest BCUT2D eigenvalue weighted by molar-refractivity contribution is 7.22. The van der Waals surface area contributed by atoms with Crippen LogP contribution < -0.4 is 0 Å². The van der Waals surface area contributed by atoms with E-state index in [9.17, 15) is 0 Å². The number of aromatic nitrogens is 3. The predicted molar refractivity (Wildman–Crippen MR) is 166 cm³/mol. The second kappa shape index (κ2) is 8.33. The molecule has 0 atom stereocenters. The fourth-order valence-electron chi connectivity index (χ4n) is 6.44. The number of H-pyrrole nitrogens is 1. The summed E-state index contributed by atoms with van der Waals surface area (Å²) in [5, 5.41) is 6.12. The van der Waals surface area contributed by atoms with Crippen LogP contribution in [0.4, 0.5) is 0 Å². The van der Waals surface area contributed by atoms with Crippen molar-refractivity contribution in [3.63, 3.8) is 0 Å². The Kier molecular flexibility index (Phi) is 4.93. The predicted octanol–water partition coefficient (Wildman–Crippen LogP) is 9.43. The Morgan fingerprint density at radius 1 is 0.872 bits per heavy atom. The van der Waals surface area contributed by atoms with Gasteiger partial charge in [-0.25, -0.2) is 4.98 Å². The van der Waals surface area contributed by atoms with Gasteiger partial charge in [0, 0.05) is 56.5 Å². The fraction of sp³-hybridized carbons (Fsp3) is 0.265. The summed E-state index contributed by atoms with van der Waals surface area (Å²) in [6.07, 6.45) is 6.99. The minimum absolute atomic E-state index is 0.336. The van der Waals surface area contributed by atoms with E-state index in [0.29, 0.717) is 11.8 Å². The van der Waals surface area contributed by atoms with Crippen LogP contribution in [0.25, 0.3) is 58.7 Å². The Balaban J connectivity index is 1.29. The maximum Gasteiger partial charge on any atom is 0.109 e. The molecule has 4 heterocycles. The molecule has 0 saturated carbocycles. The molecule has 1 aliphatic heterocycles. The molecule has 1 aliphatic carbocycles. The number of fused-ring (bicyclic) bond motifs is 10. The standard InChI is InChI=1S/C34H30N4S/c1-17(2)29-15-26-21-7-6-20-14-30(39-33(20)24(21)9-10-28(26)36-29)19-5-8-23-25(13-19)22-11-12-35-16-27(22)32-31(23)37-34(38-32)18(3)4/h5-8,11-14,16-18H,9-10,15H2,1-4H3,(H,37,38). The Labute approximate surface area is 231 Å². The molecule has 0 spiro atoms. The van der Waals surface area contributed by atoms with Crippen LogP contribution in [0.15, 0.2) is 65.5 Å². The van der Waals surface area contributed by atoms with Crippen molar-refractivity contribution in [1.82, 2.24) is 15.0 Å². The van der Waals surface area contributed by atoms with E-state index >= 15 is 0 Å². The van der Waals surface area contributed by atoms with E-state index in [-0.39, 0.29) is 0 Å². The maximum absolute atomic E-state index is 5.02. The van der Waals surface area contributed by atoms with Gasteiger partial charge in [-0.2, -0.15) is 0 Å². The number of allylic oxidation sites excluding steroid dienone is 2. The van der Waals surface area contributed by atoms with Crippen LogP contribution >= 0.6 is 11.3 Å². The SMILES string of the molecule is CC(C)C1=NC2=C(C1)c1ccc3cc(-c4ccc5c(c4)c4ccncc4c4nc(C(C)C)[nH]c54)sc3c1CC2. The van der Waals surface area contributed by atoms with Crippen molar-refractivity contribution in [1.29, 1.82) is 0 Å². The normalized spacial score (nSPS) is 15.4. The molecular formula is C34H30N4S. The molecule has 0 unspecified atom stereocenters. The third-order valence-corrected chi connectivity index (χ3v) is 9.85. The van der Waals surface area contributed by atoms with Gasteiger partial charge in [-0.3, -0.25) is 9.98 Å². The van der Waals surface area contributed by atoms with Crippen molar-refractivity contribution in [2.45, 2.75) is 52.9 Å². The molecule has 192 valence electrons. The van der Waals surface area contributed by atoms with Crippen LogP contribution in [0.1, 0.15) is 63.4 Å². The molecular weight excluding hydrogens is 496 g/mol. The molecule has 3 aromatic carbocycles. The van der Waals surface area contributed by atoms with Crippen molar-refractivity contribution in [3.8, 4) is 10.4 Å². The first kappa shape index (κ1) is 23.1. The van der Waals surface area contributed by atoms with Gasteiger partial charge in [0.2, 0.25) is 0 Å². The van der Waals surface area contributed by atoms with Gasteiger partial charge < -0.3 is 4.98 Å². The highest BCUT2D eigenvalue weighted by Crippen LogP contribution is 2.46. The molecule has 8 rings (SSSR count). The number of aromatic amines is 1. The van der Waals surface area contributed by atoms with Gasteiger partial charge in [0.25, 0.3) is 0 Å². The molecule has 0 radical (unpaired) electrons. The molecule has 1 N–H and O–H groups in total. The van der Waals surface area contributed by atoms with Crippen molar-refractivity contribution in [3.05, 3.63) is 77.5 Å². The number of imidazole rings is 1. The van der Waals surface area contributed by atoms with Gasteiger partial charge in [0.05, 0.1) is 11.0 Å². The molecule has 5 heteroatoms. The summed E-state index contributed by atoms with van der Waals surface area (Å²) < 4.78 is 1.44. The van der Waals surface area contributed by atoms with Crippen LogP contribution in [0.3, 0.4) is 0 Å². The average Bonchev–Trinajstić information content (AvgIpc) is 3.69. The lowest BCUT2D eigenvalue weighted by atomic mass is 9.86. The van der Waals surface area contributed by atoms with Crippen molar-refractivity contribution in [2.75, 3.05) is 0 Å². The zero-order chi connectivity index (χ0) is 26.4. The number of hydrogen-bond donors (Lipinski definition) is 1. The third kappa shape index (κ3) is 3.39. The van der Waals surface area contributed by atoms with Gasteiger partial charge >= 0.3 is 0 Å². The molecule has 6 aromatic rings. The summed E-state index contributed by atoms with van der Waals surface area (Å²) in [4.78, 5) is 19.4. The third-order valence-electron chi connectivity index (χ3n) is 8.59. The Bertz CT molecular complexity index is 2050. The Morgan fingerprint density at radius 2 is 1.77 bits per heavy atom. The molecule has 0 amide bonds. The molecule has 2 aliphatic rings. The van der Waals surface area contributed by atoms with E-state index in [1.54, 1.807) is 0 Å². The number of nitrogens with one attached hydrogen (secondary N) is 1. The number of aryl methyl sites for hydroxylation is 1. The van der Waals surface area contributed by atoms with Crippen LogP contribution in [0, 0.1) is 5.92 Å². The first-order chi connectivity index (χ1) is 19.0. The average molecular weight is 527 g/mol. The number of nitrogens with zero attached hydrogens (tertiary/aromatic N) is 3. The number of hydrogen-bond acceptors (Lipinski definition) is 4. The highest BCUT2D eigenvalue weighted by atomic mass is 32.1. The van der Waals surface area contributed by atoms with E-state index < -0.39 is 0 Å². The van der Waals surface area contributed by atoms with Crippen molar-refractivity contribution >= 4 is 65.3 Å². The van der Waals surface area contributed by atoms with Crippen LogP contribution in [-0.2, 0) is 6.42 Å². The summed E-state index contributed by atoms with van der Waals surface area (Å²) >= 11 is 1.94. The van der Waals surface area contributed by atoms with Crippen molar-refractivity contribution in [2.24, 2.45) is 10.9 Å². The number of benzene rings is 3. The van der Waals surface area contributed by atoms with E-state index in [1.165, 1.54) is 64.8 Å². The lowest BCUT2D eigenvalue weighted by Gasteiger charge is -2.18. The van der Waals surface area contributed by atoms with Gasteiger partial charge in [-0.1, -0.05) is 52.0 Å². The number of aliphatic imine (C=N–C) groups is 1. The van der Waals surface area contributed by atoms with E-state index in [0.717, 1.165) is 41.5 Å². The van der Waals surface area contributed by atoms with Gasteiger partial charge in [-0.15, -0.1) is 11.3 Å². The molecule has 39 heavy (non-hydrogen) atoms. The minimum Gasteiger partial charge on any atom is -0.341 e. The molecule has 4 nitrogen and oxygen atoms in total. The Morgan fingerprint density at radius 3 is 2.62 bits per heavy atom. The number of pyridine rings is 1. The van der Waals surface area contributed by atoms with Gasteiger partial charge in [0.15, 0.2) is 0 Å². The lowest BCUT2D eigenvalue weighted by molar-refractivity contribution is 0.799. The highest BCUT2D eigenvalue weighted by Gasteiger charge is 2.28. The second-order valence-electron chi connectivity index (χ2n) is 11.7. The van der Waals surface area contributed by atoms with Crippen LogP contribution in [-0.4, -0.2) is 20.7 Å². The number of thiophene rings is 1. The zero-order valence-corrected chi connectivity index (χ0v) is 23.5. The number of rotatable bonds is 3. The summed E-state index contributed by atoms with van der Waals surface area (Å²) in [7, 11) is 0. The lowest BCUT2D eigenvalue weighted by Crippen LogP contribution is -2.05. The molecule has 0 fully saturated rings. The quantitative estimate of drug-likeness (QED) is 0.234. The molecule has 3 aromatic heterocycles. The molecule has 0 saturated heterocycles. The van der Waals surface area contributed by atoms with E-state index in [2.05, 4.69) is 80.1 Å².